The minimum Gasteiger partial charge on any atom is -0.543 e. The number of oxime groups is 1. The number of rotatable bonds is 14. The fraction of sp³-hybridized carbons (Fsp3) is 0.440. The molecule has 0 saturated carbocycles. The van der Waals surface area contributed by atoms with Gasteiger partial charge in [0.25, 0.3) is 0 Å². The molecule has 2 aromatic rings. The van der Waals surface area contributed by atoms with Crippen molar-refractivity contribution in [2.75, 3.05) is 13.2 Å². The van der Waals surface area contributed by atoms with Gasteiger partial charge in [-0.25, -0.2) is 5.90 Å². The van der Waals surface area contributed by atoms with Crippen molar-refractivity contribution < 1.29 is 49.1 Å². The molecular weight excluding hydrogens is 415 g/mol. The Hall–Kier alpha value is -1.70. The Morgan fingerprint density at radius 1 is 0.812 bits per heavy atom. The summed E-state index contributed by atoms with van der Waals surface area (Å²) in [4.78, 5) is 19.7. The molecule has 0 spiro atoms. The molecule has 0 aliphatic carbocycles. The maximum atomic E-state index is 10.3. The molecule has 0 bridgehead atoms. The quantitative estimate of drug-likeness (QED) is 0.199. The van der Waals surface area contributed by atoms with E-state index < -0.39 is 5.97 Å². The summed E-state index contributed by atoms with van der Waals surface area (Å²) in [5.74, 6) is 3.63. The Kier molecular flexibility index (Phi) is 20.0. The van der Waals surface area contributed by atoms with Crippen LogP contribution in [0.4, 0.5) is 0 Å². The molecule has 0 aromatic heterocycles. The zero-order valence-electron chi connectivity index (χ0n) is 19.5. The molecule has 0 aliphatic rings. The summed E-state index contributed by atoms with van der Waals surface area (Å²) >= 11 is 0. The first kappa shape index (κ1) is 30.3. The van der Waals surface area contributed by atoms with E-state index in [2.05, 4.69) is 46.4 Å². The van der Waals surface area contributed by atoms with Crippen molar-refractivity contribution in [3.63, 3.8) is 0 Å². The third kappa shape index (κ3) is 16.9. The van der Waals surface area contributed by atoms with Crippen LogP contribution in [0.3, 0.4) is 0 Å². The van der Waals surface area contributed by atoms with E-state index in [-0.39, 0.29) is 35.3 Å². The van der Waals surface area contributed by atoms with Crippen LogP contribution >= 0.6 is 0 Å². The fourth-order valence-corrected chi connectivity index (χ4v) is 2.83. The fourth-order valence-electron chi connectivity index (χ4n) is 2.83. The van der Waals surface area contributed by atoms with Gasteiger partial charge in [-0.15, -0.1) is 0 Å². The van der Waals surface area contributed by atoms with Gasteiger partial charge in [-0.1, -0.05) is 72.2 Å². The average molecular weight is 451 g/mol. The monoisotopic (exact) mass is 450 g/mol. The van der Waals surface area contributed by atoms with Crippen molar-refractivity contribution in [3.05, 3.63) is 71.8 Å². The van der Waals surface area contributed by atoms with Crippen molar-refractivity contribution in [1.29, 1.82) is 0 Å². The predicted octanol–water partition coefficient (Wildman–Crippen LogP) is 0.836. The van der Waals surface area contributed by atoms with E-state index in [9.17, 15) is 9.90 Å². The topological polar surface area (TPSA) is 97.0 Å². The largest absolute Gasteiger partial charge is 1.00 e. The van der Waals surface area contributed by atoms with Gasteiger partial charge in [0, 0.05) is 0 Å². The number of carbonyl (C=O) groups is 1. The summed E-state index contributed by atoms with van der Waals surface area (Å²) in [6, 6.07) is 20.9. The van der Waals surface area contributed by atoms with Gasteiger partial charge in [-0.05, 0) is 63.0 Å². The number of unbranched alkanes of at least 4 members (excludes halogenated alkanes) is 4. The standard InChI is InChI=1S/C14H19NO3.C11H17NO.Na/c1-12(14(16)17)15-18-11-7-3-6-10-13-8-4-2-5-9-13;12-13-10-6-2-5-9-11-7-3-1-4-8-11;/h2,4-5,8-9H,3,6-7,10-11H2,1H3,(H,16,17);1,3-4,7-8H,2,5-6,9-10,12H2;/q;;+1/p-1. The number of benzene rings is 2. The van der Waals surface area contributed by atoms with Gasteiger partial charge in [-0.3, -0.25) is 0 Å². The van der Waals surface area contributed by atoms with Crippen LogP contribution in [0.1, 0.15) is 56.6 Å². The molecular formula is C25H35N2NaO4. The predicted molar refractivity (Wildman–Crippen MR) is 122 cm³/mol. The van der Waals surface area contributed by atoms with Crippen LogP contribution in [0.2, 0.25) is 0 Å². The number of hydrogen-bond acceptors (Lipinski definition) is 6. The van der Waals surface area contributed by atoms with Crippen LogP contribution in [-0.4, -0.2) is 24.9 Å². The normalized spacial score (nSPS) is 10.5. The SMILES string of the molecule is CC(=NOCCCCCc1ccccc1)C(=O)[O-].NOCCCCCc1ccccc1.[Na+]. The number of carboxylic acid groups (broad SMARTS) is 1. The maximum Gasteiger partial charge on any atom is 1.00 e. The van der Waals surface area contributed by atoms with Gasteiger partial charge in [0.1, 0.15) is 6.61 Å². The first-order valence-electron chi connectivity index (χ1n) is 10.9. The first-order chi connectivity index (χ1) is 15.1. The molecule has 0 radical (unpaired) electrons. The van der Waals surface area contributed by atoms with Crippen LogP contribution < -0.4 is 40.6 Å². The van der Waals surface area contributed by atoms with E-state index in [1.807, 2.05) is 24.3 Å². The molecule has 0 saturated heterocycles. The molecule has 7 heteroatoms. The number of carbonyl (C=O) groups excluding carboxylic acids is 1. The Morgan fingerprint density at radius 2 is 1.28 bits per heavy atom. The molecule has 0 heterocycles. The molecule has 0 fully saturated rings. The van der Waals surface area contributed by atoms with E-state index in [0.717, 1.165) is 38.5 Å². The van der Waals surface area contributed by atoms with Gasteiger partial charge >= 0.3 is 29.6 Å². The van der Waals surface area contributed by atoms with Crippen molar-refractivity contribution in [1.82, 2.24) is 0 Å². The van der Waals surface area contributed by atoms with Crippen LogP contribution in [0.15, 0.2) is 65.8 Å². The summed E-state index contributed by atoms with van der Waals surface area (Å²) in [5, 5.41) is 13.7. The Morgan fingerprint density at radius 3 is 1.72 bits per heavy atom. The second-order valence-electron chi connectivity index (χ2n) is 7.26. The van der Waals surface area contributed by atoms with E-state index >= 15 is 0 Å². The van der Waals surface area contributed by atoms with Gasteiger partial charge in [-0.2, -0.15) is 0 Å². The maximum absolute atomic E-state index is 10.3. The summed E-state index contributed by atoms with van der Waals surface area (Å²) in [6.45, 7) is 2.47. The second kappa shape index (κ2) is 21.2. The van der Waals surface area contributed by atoms with Gasteiger partial charge in [0.15, 0.2) is 0 Å². The number of carboxylic acids is 1. The molecule has 2 rings (SSSR count). The number of aliphatic carboxylic acids is 1. The number of nitrogens with zero attached hydrogens (tertiary/aromatic N) is 1. The van der Waals surface area contributed by atoms with E-state index in [4.69, 9.17) is 10.7 Å². The first-order valence-corrected chi connectivity index (χ1v) is 10.9. The Labute approximate surface area is 214 Å². The zero-order chi connectivity index (χ0) is 22.6. The average Bonchev–Trinajstić information content (AvgIpc) is 2.80. The van der Waals surface area contributed by atoms with Crippen LogP contribution in [-0.2, 0) is 27.3 Å². The molecule has 6 nitrogen and oxygen atoms in total. The van der Waals surface area contributed by atoms with Crippen LogP contribution in [0.25, 0.3) is 0 Å². The third-order valence-corrected chi connectivity index (χ3v) is 4.61. The Bertz CT molecular complexity index is 727. The zero-order valence-corrected chi connectivity index (χ0v) is 21.5. The molecule has 0 amide bonds. The summed E-state index contributed by atoms with van der Waals surface area (Å²) in [5.41, 5.74) is 2.62. The molecule has 32 heavy (non-hydrogen) atoms. The van der Waals surface area contributed by atoms with E-state index in [1.165, 1.54) is 30.9 Å². The molecule has 2 aromatic carbocycles. The Balaban J connectivity index is 0.000000611. The van der Waals surface area contributed by atoms with Crippen molar-refractivity contribution >= 4 is 11.7 Å². The second-order valence-corrected chi connectivity index (χ2v) is 7.26. The van der Waals surface area contributed by atoms with E-state index in [1.54, 1.807) is 0 Å². The third-order valence-electron chi connectivity index (χ3n) is 4.61. The summed E-state index contributed by atoms with van der Waals surface area (Å²) < 4.78 is 0. The number of nitrogens with two attached hydrogens (primary N) is 1. The van der Waals surface area contributed by atoms with E-state index in [0.29, 0.717) is 13.2 Å². The number of aryl methyl sites for hydroxylation is 2. The van der Waals surface area contributed by atoms with Crippen molar-refractivity contribution in [2.24, 2.45) is 11.1 Å². The number of hydrogen-bond donors (Lipinski definition) is 1. The van der Waals surface area contributed by atoms with Gasteiger partial charge in [0.2, 0.25) is 0 Å². The van der Waals surface area contributed by atoms with Crippen LogP contribution in [0.5, 0.6) is 0 Å². The minimum absolute atomic E-state index is 0. The summed E-state index contributed by atoms with van der Waals surface area (Å²) in [6.07, 6.45) is 8.68. The molecule has 2 N–H and O–H groups in total. The molecule has 0 atom stereocenters. The van der Waals surface area contributed by atoms with Crippen molar-refractivity contribution in [3.8, 4) is 0 Å². The van der Waals surface area contributed by atoms with Gasteiger partial charge in [0.05, 0.1) is 18.3 Å². The smallest absolute Gasteiger partial charge is 0.543 e. The van der Waals surface area contributed by atoms with Crippen molar-refractivity contribution in [2.45, 2.75) is 58.3 Å². The van der Waals surface area contributed by atoms with Gasteiger partial charge < -0.3 is 19.6 Å². The molecule has 0 aliphatic heterocycles. The minimum atomic E-state index is -1.29. The molecule has 170 valence electrons. The molecule has 0 unspecified atom stereocenters. The van der Waals surface area contributed by atoms with Crippen LogP contribution in [0, 0.1) is 0 Å². The summed E-state index contributed by atoms with van der Waals surface area (Å²) in [7, 11) is 0.